The van der Waals surface area contributed by atoms with E-state index in [0.717, 1.165) is 31.6 Å². The molecule has 0 spiro atoms. The Morgan fingerprint density at radius 2 is 1.90 bits per heavy atom. The molecule has 2 bridgehead atoms. The number of para-hydroxylation sites is 1. The summed E-state index contributed by atoms with van der Waals surface area (Å²) in [6.45, 7) is 3.78. The van der Waals surface area contributed by atoms with E-state index in [1.54, 1.807) is 12.1 Å². The molecule has 3 aliphatic heterocycles. The van der Waals surface area contributed by atoms with Crippen LogP contribution in [0.2, 0.25) is 0 Å². The summed E-state index contributed by atoms with van der Waals surface area (Å²) in [5, 5.41) is 23.2. The van der Waals surface area contributed by atoms with Crippen LogP contribution in [0.1, 0.15) is 19.8 Å². The molecule has 8 nitrogen and oxygen atoms in total. The molecule has 2 aromatic rings. The maximum atomic E-state index is 10.2. The van der Waals surface area contributed by atoms with Gasteiger partial charge in [-0.2, -0.15) is 5.10 Å². The number of aromatic hydroxyl groups is 1. The number of hydrogen-bond acceptors (Lipinski definition) is 8. The number of nitrogens with one attached hydrogen (secondary N) is 1. The Bertz CT molecular complexity index is 1030. The van der Waals surface area contributed by atoms with Crippen LogP contribution in [0.5, 0.6) is 5.75 Å². The number of benzene rings is 1. The molecule has 30 heavy (non-hydrogen) atoms. The molecule has 4 heterocycles. The molecular weight excluding hydrogens is 402 g/mol. The number of phenolic OH excluding ortho intramolecular Hbond substituents is 1. The highest BCUT2D eigenvalue weighted by atomic mass is 35.5. The van der Waals surface area contributed by atoms with E-state index >= 15 is 0 Å². The Kier molecular flexibility index (Phi) is 4.66. The number of piperazine rings is 1. The van der Waals surface area contributed by atoms with Crippen molar-refractivity contribution in [2.75, 3.05) is 23.7 Å². The van der Waals surface area contributed by atoms with Crippen LogP contribution >= 0.6 is 11.6 Å². The minimum absolute atomic E-state index is 0.127. The summed E-state index contributed by atoms with van der Waals surface area (Å²) in [5.41, 5.74) is 12.6. The van der Waals surface area contributed by atoms with Crippen LogP contribution < -0.4 is 16.1 Å². The molecule has 2 fully saturated rings. The highest BCUT2D eigenvalue weighted by molar-refractivity contribution is 6.68. The Hall–Kier alpha value is -3.00. The third-order valence-corrected chi connectivity index (χ3v) is 6.37. The van der Waals surface area contributed by atoms with Gasteiger partial charge in [0.15, 0.2) is 11.0 Å². The predicted octanol–water partition coefficient (Wildman–Crippen LogP) is 2.51. The first-order valence-corrected chi connectivity index (χ1v) is 10.5. The number of nitrogens with zero attached hydrogens (tertiary/aromatic N) is 5. The number of halogens is 1. The summed E-state index contributed by atoms with van der Waals surface area (Å²) >= 11 is 6.17. The smallest absolute Gasteiger partial charge is 0.169 e. The molecule has 0 radical (unpaired) electrons. The van der Waals surface area contributed by atoms with E-state index in [1.807, 2.05) is 24.3 Å². The summed E-state index contributed by atoms with van der Waals surface area (Å²) < 4.78 is 0. The lowest BCUT2D eigenvalue weighted by atomic mass is 10.1. The third-order valence-electron chi connectivity index (χ3n) is 6.18. The van der Waals surface area contributed by atoms with Crippen LogP contribution in [0, 0.1) is 0 Å². The fourth-order valence-corrected chi connectivity index (χ4v) is 4.95. The molecule has 156 valence electrons. The van der Waals surface area contributed by atoms with Gasteiger partial charge in [0.2, 0.25) is 0 Å². The van der Waals surface area contributed by atoms with Crippen LogP contribution in [0.4, 0.5) is 11.5 Å². The van der Waals surface area contributed by atoms with Crippen LogP contribution in [0.25, 0.3) is 11.3 Å². The van der Waals surface area contributed by atoms with E-state index in [0.29, 0.717) is 34.3 Å². The molecule has 1 aromatic carbocycles. The number of fused-ring (bicyclic) bond motifs is 2. The van der Waals surface area contributed by atoms with Gasteiger partial charge in [0, 0.05) is 36.4 Å². The van der Waals surface area contributed by atoms with Gasteiger partial charge in [0.1, 0.15) is 5.75 Å². The van der Waals surface area contributed by atoms with Crippen molar-refractivity contribution in [3.8, 4) is 17.0 Å². The van der Waals surface area contributed by atoms with Crippen LogP contribution in [-0.4, -0.2) is 56.6 Å². The largest absolute Gasteiger partial charge is 0.507 e. The third kappa shape index (κ3) is 3.21. The first-order chi connectivity index (χ1) is 14.5. The fraction of sp³-hybridized carbons (Fsp3) is 0.381. The summed E-state index contributed by atoms with van der Waals surface area (Å²) in [6.07, 6.45) is 4.21. The number of aromatic nitrogens is 2. The van der Waals surface area contributed by atoms with E-state index < -0.39 is 0 Å². The van der Waals surface area contributed by atoms with Crippen molar-refractivity contribution in [3.05, 3.63) is 42.1 Å². The Balaban J connectivity index is 1.44. The zero-order valence-corrected chi connectivity index (χ0v) is 17.4. The minimum atomic E-state index is 0.127. The SMILES string of the molecule is CC1NN=C(Cl)C=C1N1C2CCC1CN(c1cc(-c3ccccc3O)nnc1N)C2. The zero-order valence-electron chi connectivity index (χ0n) is 16.7. The van der Waals surface area contributed by atoms with E-state index in [4.69, 9.17) is 17.3 Å². The Morgan fingerprint density at radius 1 is 1.17 bits per heavy atom. The molecule has 3 atom stereocenters. The average molecular weight is 426 g/mol. The average Bonchev–Trinajstić information content (AvgIpc) is 2.99. The van der Waals surface area contributed by atoms with Crippen molar-refractivity contribution in [2.24, 2.45) is 5.10 Å². The number of nitrogens with two attached hydrogens (primary N) is 1. The summed E-state index contributed by atoms with van der Waals surface area (Å²) in [4.78, 5) is 4.80. The zero-order chi connectivity index (χ0) is 20.8. The summed E-state index contributed by atoms with van der Waals surface area (Å²) in [7, 11) is 0. The standard InChI is InChI=1S/C21H24ClN7O/c1-12-17(9-20(22)26-24-12)29-13-6-7-14(29)11-28(10-13)18-8-16(25-27-21(18)23)15-4-2-3-5-19(15)30/h2-5,8-9,12-14,24,30H,6-7,10-11H2,1H3,(H2,23,27). The lowest BCUT2D eigenvalue weighted by Crippen LogP contribution is -2.55. The topological polar surface area (TPSA) is 103 Å². The van der Waals surface area contributed by atoms with Crippen molar-refractivity contribution in [2.45, 2.75) is 37.9 Å². The molecule has 0 saturated carbocycles. The molecule has 2 saturated heterocycles. The number of rotatable bonds is 3. The molecule has 0 amide bonds. The van der Waals surface area contributed by atoms with Crippen LogP contribution in [-0.2, 0) is 0 Å². The Morgan fingerprint density at radius 3 is 2.63 bits per heavy atom. The highest BCUT2D eigenvalue weighted by Crippen LogP contribution is 2.39. The molecule has 3 unspecified atom stereocenters. The molecule has 4 N–H and O–H groups in total. The number of allylic oxidation sites excluding steroid dienone is 1. The van der Waals surface area contributed by atoms with Gasteiger partial charge in [-0.25, -0.2) is 0 Å². The van der Waals surface area contributed by atoms with E-state index in [9.17, 15) is 5.11 Å². The van der Waals surface area contributed by atoms with Crippen LogP contribution in [0.3, 0.4) is 0 Å². The van der Waals surface area contributed by atoms with Crippen LogP contribution in [0.15, 0.2) is 47.2 Å². The van der Waals surface area contributed by atoms with Gasteiger partial charge in [-0.1, -0.05) is 23.7 Å². The lowest BCUT2D eigenvalue weighted by molar-refractivity contribution is 0.204. The van der Waals surface area contributed by atoms with Crippen molar-refractivity contribution < 1.29 is 5.11 Å². The first-order valence-electron chi connectivity index (χ1n) is 10.2. The normalized spacial score (nSPS) is 25.6. The van der Waals surface area contributed by atoms with Crippen molar-refractivity contribution in [1.82, 2.24) is 20.5 Å². The van der Waals surface area contributed by atoms with E-state index in [1.165, 1.54) is 5.70 Å². The van der Waals surface area contributed by atoms with E-state index in [-0.39, 0.29) is 11.8 Å². The second kappa shape index (κ2) is 7.36. The minimum Gasteiger partial charge on any atom is -0.507 e. The monoisotopic (exact) mass is 425 g/mol. The summed E-state index contributed by atoms with van der Waals surface area (Å²) in [6, 6.07) is 9.92. The van der Waals surface area contributed by atoms with E-state index in [2.05, 4.69) is 37.4 Å². The van der Waals surface area contributed by atoms with Gasteiger partial charge in [0.25, 0.3) is 0 Å². The maximum absolute atomic E-state index is 10.2. The second-order valence-corrected chi connectivity index (χ2v) is 8.46. The number of hydrogen-bond donors (Lipinski definition) is 3. The quantitative estimate of drug-likeness (QED) is 0.694. The highest BCUT2D eigenvalue weighted by Gasteiger charge is 2.43. The van der Waals surface area contributed by atoms with Crippen molar-refractivity contribution >= 4 is 28.3 Å². The van der Waals surface area contributed by atoms with Crippen molar-refractivity contribution in [3.63, 3.8) is 0 Å². The summed E-state index contributed by atoms with van der Waals surface area (Å²) in [5.74, 6) is 0.584. The van der Waals surface area contributed by atoms with Gasteiger partial charge in [-0.15, -0.1) is 10.2 Å². The Labute approximate surface area is 180 Å². The number of phenols is 1. The first kappa shape index (κ1) is 19.0. The molecular formula is C21H24ClN7O. The molecule has 3 aliphatic rings. The lowest BCUT2D eigenvalue weighted by Gasteiger charge is -2.46. The molecule has 9 heteroatoms. The van der Waals surface area contributed by atoms with Gasteiger partial charge < -0.3 is 20.6 Å². The molecule has 5 rings (SSSR count). The maximum Gasteiger partial charge on any atom is 0.169 e. The number of nitrogen functional groups attached to an aromatic ring is 1. The van der Waals surface area contributed by atoms with Gasteiger partial charge in [-0.05, 0) is 44.0 Å². The van der Waals surface area contributed by atoms with Gasteiger partial charge in [0.05, 0.1) is 17.4 Å². The second-order valence-electron chi connectivity index (χ2n) is 8.07. The number of anilines is 2. The molecule has 0 aliphatic carbocycles. The van der Waals surface area contributed by atoms with Crippen molar-refractivity contribution in [1.29, 1.82) is 0 Å². The molecule has 1 aromatic heterocycles. The fourth-order valence-electron chi connectivity index (χ4n) is 4.79. The van der Waals surface area contributed by atoms with Gasteiger partial charge >= 0.3 is 0 Å². The van der Waals surface area contributed by atoms with Gasteiger partial charge in [-0.3, -0.25) is 5.43 Å². The number of hydrazone groups is 1. The predicted molar refractivity (Wildman–Crippen MR) is 118 cm³/mol.